The van der Waals surface area contributed by atoms with E-state index in [-0.39, 0.29) is 0 Å². The molecule has 1 aliphatic rings. The molecule has 1 aliphatic carbocycles. The van der Waals surface area contributed by atoms with Crippen molar-refractivity contribution in [2.75, 3.05) is 11.9 Å². The topological polar surface area (TPSA) is 40.2 Å². The average Bonchev–Trinajstić information content (AvgIpc) is 3.18. The second-order valence-corrected chi connectivity index (χ2v) is 7.82. The minimum Gasteiger partial charge on any atom is -0.454 e. The normalized spacial score (nSPS) is 16.5. The molecule has 0 saturated heterocycles. The third-order valence-corrected chi connectivity index (χ3v) is 6.09. The molecule has 0 amide bonds. The second-order valence-electron chi connectivity index (χ2n) is 7.82. The van der Waals surface area contributed by atoms with Crippen molar-refractivity contribution in [2.24, 2.45) is 0 Å². The van der Waals surface area contributed by atoms with Gasteiger partial charge in [0.25, 0.3) is 0 Å². The van der Waals surface area contributed by atoms with Gasteiger partial charge in [-0.05, 0) is 54.6 Å². The number of para-hydroxylation sites is 2. The van der Waals surface area contributed by atoms with Gasteiger partial charge in [-0.25, -0.2) is 0 Å². The summed E-state index contributed by atoms with van der Waals surface area (Å²) < 4.78 is 15.6. The van der Waals surface area contributed by atoms with Crippen LogP contribution in [-0.2, 0) is 0 Å². The number of hydrogen-bond acceptors (Lipinski definition) is 3. The summed E-state index contributed by atoms with van der Waals surface area (Å²) in [5.74, 6) is -0.565. The fraction of sp³-hybridized carbons (Fsp3) is 0.269. The van der Waals surface area contributed by atoms with Crippen LogP contribution in [0, 0.1) is 11.3 Å². The molecule has 1 fully saturated rings. The lowest BCUT2D eigenvalue weighted by Gasteiger charge is -2.22. The molecule has 0 N–H and O–H groups in total. The first-order valence-corrected chi connectivity index (χ1v) is 10.3. The molecule has 1 saturated carbocycles. The number of anilines is 2. The number of rotatable bonds is 3. The molecule has 29 heavy (non-hydrogen) atoms. The second kappa shape index (κ2) is 7.29. The maximum Gasteiger partial charge on any atom is 0.159 e. The summed E-state index contributed by atoms with van der Waals surface area (Å²) >= 11 is 0. The summed E-state index contributed by atoms with van der Waals surface area (Å²) in [6.07, 6.45) is 5.21. The van der Waals surface area contributed by atoms with Crippen LogP contribution in [0.1, 0.15) is 50.5 Å². The fourth-order valence-electron chi connectivity index (χ4n) is 4.49. The molecule has 0 radical (unpaired) electrons. The lowest BCUT2D eigenvalue weighted by atomic mass is 9.83. The first-order valence-electron chi connectivity index (χ1n) is 10.8. The van der Waals surface area contributed by atoms with E-state index in [1.807, 2.05) is 31.3 Å². The van der Waals surface area contributed by atoms with Crippen molar-refractivity contribution >= 4 is 33.3 Å². The zero-order valence-corrected chi connectivity index (χ0v) is 16.6. The highest BCUT2D eigenvalue weighted by Crippen LogP contribution is 2.42. The van der Waals surface area contributed by atoms with Crippen molar-refractivity contribution in [1.82, 2.24) is 0 Å². The number of hydrogen-bond donors (Lipinski definition) is 0. The van der Waals surface area contributed by atoms with Gasteiger partial charge in [0.15, 0.2) is 5.58 Å². The van der Waals surface area contributed by atoms with Crippen LogP contribution in [0.15, 0.2) is 65.1 Å². The molecule has 3 heteroatoms. The van der Waals surface area contributed by atoms with Gasteiger partial charge < -0.3 is 9.32 Å². The quantitative estimate of drug-likeness (QED) is 0.374. The van der Waals surface area contributed by atoms with Gasteiger partial charge in [0.1, 0.15) is 5.58 Å². The molecule has 0 atom stereocenters. The third kappa shape index (κ3) is 3.06. The predicted octanol–water partition coefficient (Wildman–Crippen LogP) is 7.27. The van der Waals surface area contributed by atoms with Gasteiger partial charge in [-0.1, -0.05) is 49.6 Å². The molecule has 5 rings (SSSR count). The standard InChI is InChI=1S/C26H24N2O/c1-28(20-15-13-18(17-27)14-16-20)24-12-6-11-23-22-10-5-9-21(25(22)29-26(23)24)19-7-3-2-4-8-19/h5-6,9-16,19H,2-4,7-8H2,1H3/i19D. The molecule has 1 aromatic heterocycles. The predicted molar refractivity (Wildman–Crippen MR) is 119 cm³/mol. The van der Waals surface area contributed by atoms with E-state index in [0.29, 0.717) is 5.56 Å². The Kier molecular flexibility index (Phi) is 4.20. The molecule has 144 valence electrons. The summed E-state index contributed by atoms with van der Waals surface area (Å²) in [5, 5.41) is 11.2. The van der Waals surface area contributed by atoms with Gasteiger partial charge in [0, 0.05) is 24.9 Å². The number of nitrogens with zero attached hydrogens (tertiary/aromatic N) is 2. The van der Waals surface area contributed by atoms with E-state index in [0.717, 1.165) is 64.6 Å². The fourth-order valence-corrected chi connectivity index (χ4v) is 4.49. The lowest BCUT2D eigenvalue weighted by Crippen LogP contribution is -2.09. The zero-order valence-electron chi connectivity index (χ0n) is 17.6. The van der Waals surface area contributed by atoms with Crippen molar-refractivity contribution < 1.29 is 5.79 Å². The van der Waals surface area contributed by atoms with Crippen LogP contribution < -0.4 is 4.90 Å². The summed E-state index contributed by atoms with van der Waals surface area (Å²) in [6.45, 7) is 0. The molecular weight excluding hydrogens is 356 g/mol. The number of fused-ring (bicyclic) bond motifs is 3. The summed E-state index contributed by atoms with van der Waals surface area (Å²) in [4.78, 5) is 2.09. The Labute approximate surface area is 172 Å². The molecule has 0 bridgehead atoms. The summed E-state index contributed by atoms with van der Waals surface area (Å²) in [6, 6.07) is 22.2. The average molecular weight is 381 g/mol. The van der Waals surface area contributed by atoms with Crippen LogP contribution in [0.2, 0.25) is 0 Å². The smallest absolute Gasteiger partial charge is 0.159 e. The van der Waals surface area contributed by atoms with Crippen molar-refractivity contribution in [3.05, 3.63) is 71.8 Å². The van der Waals surface area contributed by atoms with E-state index in [2.05, 4.69) is 47.4 Å². The molecule has 4 aromatic rings. The number of nitriles is 1. The molecule has 0 aliphatic heterocycles. The molecule has 1 heterocycles. The van der Waals surface area contributed by atoms with Gasteiger partial charge in [-0.15, -0.1) is 0 Å². The van der Waals surface area contributed by atoms with E-state index >= 15 is 0 Å². The van der Waals surface area contributed by atoms with Crippen LogP contribution in [0.3, 0.4) is 0 Å². The minimum atomic E-state index is -0.565. The summed E-state index contributed by atoms with van der Waals surface area (Å²) in [7, 11) is 2.01. The van der Waals surface area contributed by atoms with Crippen molar-refractivity contribution in [3.63, 3.8) is 0 Å². The summed E-state index contributed by atoms with van der Waals surface area (Å²) in [5.41, 5.74) is 5.32. The van der Waals surface area contributed by atoms with Gasteiger partial charge >= 0.3 is 0 Å². The van der Waals surface area contributed by atoms with Crippen molar-refractivity contribution in [2.45, 2.75) is 38.0 Å². The molecule has 3 aromatic carbocycles. The first kappa shape index (κ1) is 16.7. The maximum atomic E-state index is 9.13. The number of benzene rings is 3. The van der Waals surface area contributed by atoms with Crippen LogP contribution in [0.5, 0.6) is 0 Å². The van der Waals surface area contributed by atoms with Crippen molar-refractivity contribution in [1.29, 1.82) is 5.26 Å². The largest absolute Gasteiger partial charge is 0.454 e. The Bertz CT molecular complexity index is 1260. The highest BCUT2D eigenvalue weighted by atomic mass is 16.3. The van der Waals surface area contributed by atoms with Crippen molar-refractivity contribution in [3.8, 4) is 6.07 Å². The Hall–Kier alpha value is -3.25. The highest BCUT2D eigenvalue weighted by Gasteiger charge is 2.22. The van der Waals surface area contributed by atoms with E-state index in [9.17, 15) is 0 Å². The zero-order chi connectivity index (χ0) is 20.7. The highest BCUT2D eigenvalue weighted by molar-refractivity contribution is 6.10. The molecule has 3 nitrogen and oxygen atoms in total. The van der Waals surface area contributed by atoms with Gasteiger partial charge in [0.2, 0.25) is 0 Å². The SMILES string of the molecule is [2H]C1(c2cccc3c2oc2c(N(C)c4ccc(C#N)cc4)cccc23)CCCCC1. The number of furan rings is 1. The monoisotopic (exact) mass is 381 g/mol. The van der Waals surface area contributed by atoms with Crippen LogP contribution >= 0.6 is 0 Å². The van der Waals surface area contributed by atoms with Crippen LogP contribution in [0.4, 0.5) is 11.4 Å². The molecule has 0 unspecified atom stereocenters. The van der Waals surface area contributed by atoms with Gasteiger partial charge in [-0.2, -0.15) is 5.26 Å². The Balaban J connectivity index is 1.67. The lowest BCUT2D eigenvalue weighted by molar-refractivity contribution is 0.442. The Morgan fingerprint density at radius 2 is 1.62 bits per heavy atom. The van der Waals surface area contributed by atoms with E-state index in [1.165, 1.54) is 6.42 Å². The van der Waals surface area contributed by atoms with Crippen LogP contribution in [-0.4, -0.2) is 7.05 Å². The molecular formula is C26H24N2O. The Morgan fingerprint density at radius 3 is 2.34 bits per heavy atom. The maximum absolute atomic E-state index is 9.13. The molecule has 0 spiro atoms. The van der Waals surface area contributed by atoms with Crippen LogP contribution in [0.25, 0.3) is 21.9 Å². The van der Waals surface area contributed by atoms with E-state index < -0.39 is 5.89 Å². The first-order chi connectivity index (χ1) is 14.6. The van der Waals surface area contributed by atoms with E-state index in [4.69, 9.17) is 11.0 Å². The Morgan fingerprint density at radius 1 is 0.931 bits per heavy atom. The van der Waals surface area contributed by atoms with E-state index in [1.54, 1.807) is 0 Å². The van der Waals surface area contributed by atoms with Gasteiger partial charge in [0.05, 0.1) is 17.3 Å². The third-order valence-electron chi connectivity index (χ3n) is 6.09. The van der Waals surface area contributed by atoms with Gasteiger partial charge in [-0.3, -0.25) is 0 Å². The minimum absolute atomic E-state index is 0.565.